The van der Waals surface area contributed by atoms with E-state index in [9.17, 15) is 9.59 Å². The Morgan fingerprint density at radius 2 is 1.93 bits per heavy atom. The first-order chi connectivity index (χ1) is 7.13. The molecule has 0 saturated carbocycles. The fourth-order valence-corrected chi connectivity index (χ4v) is 0.977. The highest BCUT2D eigenvalue weighted by molar-refractivity contribution is 5.87. The van der Waals surface area contributed by atoms with Gasteiger partial charge in [0.2, 0.25) is 0 Å². The Labute approximate surface area is 86.7 Å². The third kappa shape index (κ3) is 3.40. The van der Waals surface area contributed by atoms with Crippen molar-refractivity contribution in [3.05, 3.63) is 29.8 Å². The normalized spacial score (nSPS) is 9.67. The summed E-state index contributed by atoms with van der Waals surface area (Å²) in [7, 11) is 1.63. The van der Waals surface area contributed by atoms with Crippen LogP contribution in [0.15, 0.2) is 24.3 Å². The summed E-state index contributed by atoms with van der Waals surface area (Å²) in [5.74, 6) is -1.09. The molecule has 0 aliphatic rings. The van der Waals surface area contributed by atoms with E-state index in [1.165, 1.54) is 24.3 Å². The van der Waals surface area contributed by atoms with Crippen LogP contribution in [-0.2, 0) is 4.79 Å². The number of esters is 1. The number of carboxylic acids is 1. The molecule has 0 radical (unpaired) electrons. The van der Waals surface area contributed by atoms with Gasteiger partial charge in [-0.3, -0.25) is 4.79 Å². The third-order valence-corrected chi connectivity index (χ3v) is 1.65. The van der Waals surface area contributed by atoms with Crippen molar-refractivity contribution in [2.24, 2.45) is 0 Å². The van der Waals surface area contributed by atoms with Gasteiger partial charge in [-0.25, -0.2) is 4.79 Å². The van der Waals surface area contributed by atoms with Crippen LogP contribution < -0.4 is 10.1 Å². The Kier molecular flexibility index (Phi) is 3.82. The van der Waals surface area contributed by atoms with Gasteiger partial charge in [-0.2, -0.15) is 0 Å². The molecule has 0 unspecified atom stereocenters. The molecule has 0 atom stereocenters. The molecule has 80 valence electrons. The zero-order valence-electron chi connectivity index (χ0n) is 8.19. The van der Waals surface area contributed by atoms with E-state index in [0.29, 0.717) is 5.75 Å². The van der Waals surface area contributed by atoms with Crippen LogP contribution in [0.2, 0.25) is 0 Å². The van der Waals surface area contributed by atoms with Crippen molar-refractivity contribution in [3.8, 4) is 5.75 Å². The second kappa shape index (κ2) is 5.11. The van der Waals surface area contributed by atoms with Crippen molar-refractivity contribution >= 4 is 11.9 Å². The smallest absolute Gasteiger partial charge is 0.335 e. The number of rotatable bonds is 4. The lowest BCUT2D eigenvalue weighted by Crippen LogP contribution is -2.23. The largest absolute Gasteiger partial charge is 0.478 e. The number of carbonyl (C=O) groups is 2. The van der Waals surface area contributed by atoms with E-state index in [4.69, 9.17) is 9.84 Å². The minimum Gasteiger partial charge on any atom is -0.478 e. The molecule has 15 heavy (non-hydrogen) atoms. The molecule has 2 N–H and O–H groups in total. The average Bonchev–Trinajstić information content (AvgIpc) is 2.18. The highest BCUT2D eigenvalue weighted by atomic mass is 16.5. The summed E-state index contributed by atoms with van der Waals surface area (Å²) < 4.78 is 4.90. The van der Waals surface area contributed by atoms with Crippen molar-refractivity contribution in [1.82, 2.24) is 5.32 Å². The second-order valence-corrected chi connectivity index (χ2v) is 2.83. The van der Waals surface area contributed by atoms with Crippen LogP contribution in [0.3, 0.4) is 0 Å². The van der Waals surface area contributed by atoms with Crippen molar-refractivity contribution in [3.63, 3.8) is 0 Å². The predicted molar refractivity (Wildman–Crippen MR) is 53.0 cm³/mol. The molecule has 5 nitrogen and oxygen atoms in total. The van der Waals surface area contributed by atoms with Crippen LogP contribution in [0.5, 0.6) is 5.75 Å². The lowest BCUT2D eigenvalue weighted by atomic mass is 10.2. The number of carboxylic acid groups (broad SMARTS) is 1. The van der Waals surface area contributed by atoms with Crippen LogP contribution >= 0.6 is 0 Å². The van der Waals surface area contributed by atoms with Crippen LogP contribution in [0.4, 0.5) is 0 Å². The molecular weight excluding hydrogens is 198 g/mol. The summed E-state index contributed by atoms with van der Waals surface area (Å²) in [6.45, 7) is 0.112. The van der Waals surface area contributed by atoms with E-state index in [2.05, 4.69) is 5.32 Å². The van der Waals surface area contributed by atoms with Crippen LogP contribution in [0.25, 0.3) is 0 Å². The van der Waals surface area contributed by atoms with Crippen LogP contribution in [0.1, 0.15) is 10.4 Å². The fourth-order valence-electron chi connectivity index (χ4n) is 0.977. The first-order valence-corrected chi connectivity index (χ1v) is 4.32. The molecule has 0 spiro atoms. The Hall–Kier alpha value is -1.88. The summed E-state index contributed by atoms with van der Waals surface area (Å²) in [6.07, 6.45) is 0. The average molecular weight is 209 g/mol. The maximum atomic E-state index is 11.0. The Bertz CT molecular complexity index is 358. The molecule has 0 saturated heterocycles. The highest BCUT2D eigenvalue weighted by Gasteiger charge is 2.05. The minimum absolute atomic E-state index is 0.112. The van der Waals surface area contributed by atoms with Gasteiger partial charge in [-0.05, 0) is 31.3 Å². The van der Waals surface area contributed by atoms with Gasteiger partial charge in [0.1, 0.15) is 5.75 Å². The van der Waals surface area contributed by atoms with E-state index < -0.39 is 11.9 Å². The molecule has 5 heteroatoms. The number of nitrogens with one attached hydrogen (secondary N) is 1. The van der Waals surface area contributed by atoms with E-state index in [1.54, 1.807) is 7.05 Å². The molecule has 0 heterocycles. The molecule has 1 aromatic rings. The molecular formula is C10H11NO4. The van der Waals surface area contributed by atoms with Crippen molar-refractivity contribution in [1.29, 1.82) is 0 Å². The lowest BCUT2D eigenvalue weighted by molar-refractivity contribution is -0.133. The Balaban J connectivity index is 2.64. The van der Waals surface area contributed by atoms with E-state index in [-0.39, 0.29) is 12.1 Å². The minimum atomic E-state index is -1.01. The molecule has 0 aliphatic carbocycles. The number of aromatic carboxylic acids is 1. The summed E-state index contributed by atoms with van der Waals surface area (Å²) in [5, 5.41) is 11.3. The number of carbonyl (C=O) groups excluding carboxylic acids is 1. The zero-order chi connectivity index (χ0) is 11.3. The van der Waals surface area contributed by atoms with Crippen molar-refractivity contribution in [2.45, 2.75) is 0 Å². The highest BCUT2D eigenvalue weighted by Crippen LogP contribution is 2.12. The SMILES string of the molecule is CNCC(=O)Oc1ccc(C(=O)O)cc1. The standard InChI is InChI=1S/C10H11NO4/c1-11-6-9(12)15-8-4-2-7(3-5-8)10(13)14/h2-5,11H,6H2,1H3,(H,13,14). The summed E-state index contributed by atoms with van der Waals surface area (Å²) in [5.41, 5.74) is 0.156. The maximum Gasteiger partial charge on any atom is 0.335 e. The Morgan fingerprint density at radius 3 is 2.40 bits per heavy atom. The molecule has 0 fully saturated rings. The monoisotopic (exact) mass is 209 g/mol. The van der Waals surface area contributed by atoms with E-state index >= 15 is 0 Å². The third-order valence-electron chi connectivity index (χ3n) is 1.65. The van der Waals surface area contributed by atoms with Gasteiger partial charge in [0.25, 0.3) is 0 Å². The lowest BCUT2D eigenvalue weighted by Gasteiger charge is -2.03. The van der Waals surface area contributed by atoms with Crippen LogP contribution in [0, 0.1) is 0 Å². The number of hydrogen-bond acceptors (Lipinski definition) is 4. The van der Waals surface area contributed by atoms with Gasteiger partial charge in [0.05, 0.1) is 12.1 Å². The van der Waals surface area contributed by atoms with Gasteiger partial charge in [0.15, 0.2) is 0 Å². The van der Waals surface area contributed by atoms with Gasteiger partial charge in [-0.15, -0.1) is 0 Å². The molecule has 0 aliphatic heterocycles. The summed E-state index contributed by atoms with van der Waals surface area (Å²) >= 11 is 0. The molecule has 0 bridgehead atoms. The van der Waals surface area contributed by atoms with Crippen molar-refractivity contribution < 1.29 is 19.4 Å². The predicted octanol–water partition coefficient (Wildman–Crippen LogP) is 0.510. The second-order valence-electron chi connectivity index (χ2n) is 2.83. The zero-order valence-corrected chi connectivity index (χ0v) is 8.19. The Morgan fingerprint density at radius 1 is 1.33 bits per heavy atom. The summed E-state index contributed by atoms with van der Waals surface area (Å²) in [6, 6.07) is 5.64. The number of hydrogen-bond donors (Lipinski definition) is 2. The number of likely N-dealkylation sites (N-methyl/N-ethyl adjacent to an activating group) is 1. The quantitative estimate of drug-likeness (QED) is 0.558. The number of benzene rings is 1. The fraction of sp³-hybridized carbons (Fsp3) is 0.200. The first-order valence-electron chi connectivity index (χ1n) is 4.32. The topological polar surface area (TPSA) is 75.6 Å². The van der Waals surface area contributed by atoms with Gasteiger partial charge < -0.3 is 15.2 Å². The van der Waals surface area contributed by atoms with Gasteiger partial charge in [0, 0.05) is 0 Å². The first kappa shape index (κ1) is 11.2. The molecule has 1 rings (SSSR count). The van der Waals surface area contributed by atoms with Crippen LogP contribution in [-0.4, -0.2) is 30.6 Å². The maximum absolute atomic E-state index is 11.0. The molecule has 0 aromatic heterocycles. The van der Waals surface area contributed by atoms with Gasteiger partial charge in [-0.1, -0.05) is 0 Å². The van der Waals surface area contributed by atoms with E-state index in [0.717, 1.165) is 0 Å². The van der Waals surface area contributed by atoms with Gasteiger partial charge >= 0.3 is 11.9 Å². The molecule has 1 aromatic carbocycles. The number of ether oxygens (including phenoxy) is 1. The van der Waals surface area contributed by atoms with Crippen molar-refractivity contribution in [2.75, 3.05) is 13.6 Å². The molecule has 0 amide bonds. The van der Waals surface area contributed by atoms with E-state index in [1.807, 2.05) is 0 Å². The summed E-state index contributed by atoms with van der Waals surface area (Å²) in [4.78, 5) is 21.5.